The third kappa shape index (κ3) is 4.25. The third-order valence-corrected chi connectivity index (χ3v) is 3.45. The molecule has 0 spiro atoms. The maximum atomic E-state index is 6.03. The fourth-order valence-electron chi connectivity index (χ4n) is 1.94. The van der Waals surface area contributed by atoms with E-state index in [1.807, 2.05) is 12.1 Å². The lowest BCUT2D eigenvalue weighted by Gasteiger charge is -2.20. The van der Waals surface area contributed by atoms with Crippen molar-refractivity contribution in [3.05, 3.63) is 58.1 Å². The lowest BCUT2D eigenvalue weighted by molar-refractivity contribution is 0.263. The molecule has 2 aromatic carbocycles. The number of hydrogen-bond donors (Lipinski definition) is 2. The summed E-state index contributed by atoms with van der Waals surface area (Å²) in [5.74, 6) is 6.98. The summed E-state index contributed by atoms with van der Waals surface area (Å²) < 4.78 is 11.0. The quantitative estimate of drug-likeness (QED) is 0.629. The highest BCUT2D eigenvalue weighted by Crippen LogP contribution is 2.28. The lowest BCUT2D eigenvalue weighted by Crippen LogP contribution is -2.32. The summed E-state index contributed by atoms with van der Waals surface area (Å²) in [6, 6.07) is 12.3. The minimum atomic E-state index is -0.266. The smallest absolute Gasteiger partial charge is 0.123 e. The molecule has 112 valence electrons. The maximum Gasteiger partial charge on any atom is 0.123 e. The number of nitrogens with one attached hydrogen (secondary N) is 1. The predicted octanol–water partition coefficient (Wildman–Crippen LogP) is 3.59. The molecule has 0 fully saturated rings. The zero-order chi connectivity index (χ0) is 15.2. The van der Waals surface area contributed by atoms with Crippen LogP contribution in [-0.4, -0.2) is 13.7 Å². The van der Waals surface area contributed by atoms with E-state index in [1.54, 1.807) is 37.4 Å². The molecule has 4 nitrogen and oxygen atoms in total. The first-order valence-corrected chi connectivity index (χ1v) is 7.07. The van der Waals surface area contributed by atoms with Gasteiger partial charge in [0.15, 0.2) is 0 Å². The fraction of sp³-hybridized carbons (Fsp3) is 0.200. The first-order chi connectivity index (χ1) is 10.1. The fourth-order valence-corrected chi connectivity index (χ4v) is 2.30. The van der Waals surface area contributed by atoms with E-state index < -0.39 is 0 Å². The molecule has 2 rings (SSSR count). The topological polar surface area (TPSA) is 56.5 Å². The van der Waals surface area contributed by atoms with Gasteiger partial charge in [-0.2, -0.15) is 0 Å². The molecule has 0 bridgehead atoms. The summed E-state index contributed by atoms with van der Waals surface area (Å²) in [5.41, 5.74) is 3.54. The predicted molar refractivity (Wildman–Crippen MR) is 85.0 cm³/mol. The molecular weight excluding hydrogens is 311 g/mol. The summed E-state index contributed by atoms with van der Waals surface area (Å²) >= 11 is 12.0. The number of ether oxygens (including phenoxy) is 2. The van der Waals surface area contributed by atoms with Gasteiger partial charge in [-0.15, -0.1) is 0 Å². The largest absolute Gasteiger partial charge is 0.496 e. The van der Waals surface area contributed by atoms with E-state index in [1.165, 1.54) is 0 Å². The van der Waals surface area contributed by atoms with Crippen LogP contribution in [0.25, 0.3) is 0 Å². The van der Waals surface area contributed by atoms with Gasteiger partial charge in [-0.25, -0.2) is 5.43 Å². The second-order valence-electron chi connectivity index (χ2n) is 4.37. The molecule has 0 aliphatic carbocycles. The van der Waals surface area contributed by atoms with Crippen molar-refractivity contribution in [1.82, 2.24) is 5.43 Å². The number of rotatable bonds is 6. The van der Waals surface area contributed by atoms with Crippen molar-refractivity contribution in [2.24, 2.45) is 5.84 Å². The van der Waals surface area contributed by atoms with E-state index in [-0.39, 0.29) is 6.04 Å². The van der Waals surface area contributed by atoms with Gasteiger partial charge in [0.05, 0.1) is 13.2 Å². The van der Waals surface area contributed by atoms with Gasteiger partial charge in [0, 0.05) is 15.6 Å². The Labute approximate surface area is 133 Å². The summed E-state index contributed by atoms with van der Waals surface area (Å²) in [7, 11) is 1.60. The van der Waals surface area contributed by atoms with E-state index in [2.05, 4.69) is 5.43 Å². The number of nitrogens with two attached hydrogens (primary N) is 1. The highest BCUT2D eigenvalue weighted by atomic mass is 35.5. The van der Waals surface area contributed by atoms with Gasteiger partial charge in [0.1, 0.15) is 18.1 Å². The van der Waals surface area contributed by atoms with Crippen molar-refractivity contribution in [1.29, 1.82) is 0 Å². The van der Waals surface area contributed by atoms with Crippen LogP contribution in [0.1, 0.15) is 11.6 Å². The Morgan fingerprint density at radius 2 is 1.90 bits per heavy atom. The number of benzene rings is 2. The molecule has 3 N–H and O–H groups in total. The molecule has 0 aromatic heterocycles. The van der Waals surface area contributed by atoms with Gasteiger partial charge in [-0.1, -0.05) is 29.3 Å². The molecule has 21 heavy (non-hydrogen) atoms. The van der Waals surface area contributed by atoms with Crippen molar-refractivity contribution < 1.29 is 9.47 Å². The maximum absolute atomic E-state index is 6.03. The lowest BCUT2D eigenvalue weighted by atomic mass is 10.1. The molecule has 0 amide bonds. The highest BCUT2D eigenvalue weighted by molar-refractivity contribution is 6.31. The average Bonchev–Trinajstić information content (AvgIpc) is 2.48. The molecule has 0 aliphatic heterocycles. The van der Waals surface area contributed by atoms with Gasteiger partial charge < -0.3 is 9.47 Å². The molecule has 2 aromatic rings. The first kappa shape index (κ1) is 15.9. The van der Waals surface area contributed by atoms with E-state index in [0.717, 1.165) is 5.56 Å². The molecule has 6 heteroatoms. The van der Waals surface area contributed by atoms with Crippen LogP contribution in [0.5, 0.6) is 11.5 Å². The molecular formula is C15H16Cl2N2O2. The van der Waals surface area contributed by atoms with Gasteiger partial charge >= 0.3 is 0 Å². The van der Waals surface area contributed by atoms with Crippen molar-refractivity contribution in [2.45, 2.75) is 6.04 Å². The normalized spacial score (nSPS) is 12.0. The van der Waals surface area contributed by atoms with Crippen molar-refractivity contribution >= 4 is 23.2 Å². The van der Waals surface area contributed by atoms with E-state index in [4.69, 9.17) is 38.5 Å². The van der Waals surface area contributed by atoms with Crippen LogP contribution in [0.2, 0.25) is 10.0 Å². The van der Waals surface area contributed by atoms with Gasteiger partial charge in [0.25, 0.3) is 0 Å². The first-order valence-electron chi connectivity index (χ1n) is 6.32. The Morgan fingerprint density at radius 1 is 1.14 bits per heavy atom. The molecule has 1 atom stereocenters. The third-order valence-electron chi connectivity index (χ3n) is 2.98. The minimum absolute atomic E-state index is 0.266. The minimum Gasteiger partial charge on any atom is -0.496 e. The molecule has 0 radical (unpaired) electrons. The van der Waals surface area contributed by atoms with Crippen LogP contribution in [0, 0.1) is 0 Å². The van der Waals surface area contributed by atoms with Gasteiger partial charge in [-0.3, -0.25) is 5.84 Å². The van der Waals surface area contributed by atoms with Crippen LogP contribution >= 0.6 is 23.2 Å². The zero-order valence-corrected chi connectivity index (χ0v) is 13.0. The zero-order valence-electron chi connectivity index (χ0n) is 11.5. The Bertz CT molecular complexity index is 608. The molecule has 0 aliphatic rings. The Hall–Kier alpha value is -1.46. The summed E-state index contributed by atoms with van der Waals surface area (Å²) in [4.78, 5) is 0. The number of halogens is 2. The Balaban J connectivity index is 2.15. The molecule has 0 heterocycles. The van der Waals surface area contributed by atoms with Crippen LogP contribution in [0.4, 0.5) is 0 Å². The van der Waals surface area contributed by atoms with E-state index in [9.17, 15) is 0 Å². The Kier molecular flexibility index (Phi) is 5.70. The van der Waals surface area contributed by atoms with E-state index in [0.29, 0.717) is 28.2 Å². The number of methoxy groups -OCH3 is 1. The van der Waals surface area contributed by atoms with Crippen LogP contribution < -0.4 is 20.7 Å². The average molecular weight is 327 g/mol. The standard InChI is InChI=1S/C15H16Cl2N2O2/c1-20-15-6-5-11(17)8-13(15)14(19-18)9-21-12-4-2-3-10(16)7-12/h2-8,14,19H,9,18H2,1H3. The SMILES string of the molecule is COc1ccc(Cl)cc1C(COc1cccc(Cl)c1)NN. The Morgan fingerprint density at radius 3 is 2.57 bits per heavy atom. The summed E-state index contributed by atoms with van der Waals surface area (Å²) in [5, 5.41) is 1.22. The number of hydrogen-bond acceptors (Lipinski definition) is 4. The monoisotopic (exact) mass is 326 g/mol. The van der Waals surface area contributed by atoms with Crippen LogP contribution in [0.15, 0.2) is 42.5 Å². The second kappa shape index (κ2) is 7.52. The van der Waals surface area contributed by atoms with Gasteiger partial charge in [0.2, 0.25) is 0 Å². The van der Waals surface area contributed by atoms with Crippen molar-refractivity contribution in [3.63, 3.8) is 0 Å². The highest BCUT2D eigenvalue weighted by Gasteiger charge is 2.16. The van der Waals surface area contributed by atoms with Crippen LogP contribution in [-0.2, 0) is 0 Å². The van der Waals surface area contributed by atoms with Crippen molar-refractivity contribution in [3.8, 4) is 11.5 Å². The van der Waals surface area contributed by atoms with Crippen molar-refractivity contribution in [2.75, 3.05) is 13.7 Å². The van der Waals surface area contributed by atoms with Crippen LogP contribution in [0.3, 0.4) is 0 Å². The number of hydrazine groups is 1. The molecule has 0 saturated heterocycles. The summed E-state index contributed by atoms with van der Waals surface area (Å²) in [6.07, 6.45) is 0. The van der Waals surface area contributed by atoms with Gasteiger partial charge in [-0.05, 0) is 36.4 Å². The van der Waals surface area contributed by atoms with E-state index >= 15 is 0 Å². The second-order valence-corrected chi connectivity index (χ2v) is 5.25. The summed E-state index contributed by atoms with van der Waals surface area (Å²) in [6.45, 7) is 0.313. The molecule has 0 saturated carbocycles. The molecule has 1 unspecified atom stereocenters.